The molecule has 7 nitrogen and oxygen atoms in total. The average Bonchev–Trinajstić information content (AvgIpc) is 2.91. The van der Waals surface area contributed by atoms with E-state index in [2.05, 4.69) is 96.3 Å². The van der Waals surface area contributed by atoms with Crippen molar-refractivity contribution >= 4 is 10.4 Å². The van der Waals surface area contributed by atoms with Crippen molar-refractivity contribution in [3.05, 3.63) is 92.1 Å². The summed E-state index contributed by atoms with van der Waals surface area (Å²) in [5.41, 5.74) is 0. The fourth-order valence-corrected chi connectivity index (χ4v) is 1.05. The molecule has 0 aromatic carbocycles. The predicted octanol–water partition coefficient (Wildman–Crippen LogP) is 6.63. The molecule has 0 amide bonds. The van der Waals surface area contributed by atoms with Crippen LogP contribution in [0.1, 0.15) is 40.0 Å². The van der Waals surface area contributed by atoms with E-state index >= 15 is 0 Å². The highest BCUT2D eigenvalue weighted by Gasteiger charge is 2.01. The van der Waals surface area contributed by atoms with Crippen LogP contribution in [0.4, 0.5) is 0 Å². The molecule has 8 heteroatoms. The van der Waals surface area contributed by atoms with Crippen LogP contribution in [-0.4, -0.2) is 56.2 Å². The molecule has 0 aromatic rings. The molecule has 0 aliphatic rings. The van der Waals surface area contributed by atoms with E-state index in [4.69, 9.17) is 19.5 Å². The van der Waals surface area contributed by atoms with Gasteiger partial charge in [0.1, 0.15) is 0 Å². The number of unbranched alkanes of at least 4 members (excludes halogenated alkanes) is 2. The van der Waals surface area contributed by atoms with E-state index < -0.39 is 10.4 Å². The van der Waals surface area contributed by atoms with E-state index in [0.29, 0.717) is 6.42 Å². The highest BCUT2D eigenvalue weighted by Crippen LogP contribution is 1.96. The zero-order valence-electron chi connectivity index (χ0n) is 21.9. The van der Waals surface area contributed by atoms with Gasteiger partial charge in [-0.25, -0.2) is 4.18 Å². The quantitative estimate of drug-likeness (QED) is 0.195. The van der Waals surface area contributed by atoms with Crippen molar-refractivity contribution in [1.82, 2.24) is 0 Å². The first-order valence-electron chi connectivity index (χ1n) is 9.80. The van der Waals surface area contributed by atoms with E-state index in [1.807, 2.05) is 20.8 Å². The van der Waals surface area contributed by atoms with E-state index in [9.17, 15) is 8.42 Å². The number of ether oxygens (including phenoxy) is 1. The van der Waals surface area contributed by atoms with E-state index in [1.165, 1.54) is 0 Å². The number of aliphatic hydroxyl groups is 2. The summed E-state index contributed by atoms with van der Waals surface area (Å²) in [6, 6.07) is 0. The highest BCUT2D eigenvalue weighted by atomic mass is 32.3. The van der Waals surface area contributed by atoms with Crippen LogP contribution < -0.4 is 0 Å². The van der Waals surface area contributed by atoms with Gasteiger partial charge in [-0.05, 0) is 20.3 Å². The Bertz CT molecular complexity index is 301. The van der Waals surface area contributed by atoms with Crippen LogP contribution in [0, 0.1) is 0 Å². The van der Waals surface area contributed by atoms with Gasteiger partial charge in [0.05, 0.1) is 19.8 Å². The summed E-state index contributed by atoms with van der Waals surface area (Å²) in [5, 5.41) is 15.2. The van der Waals surface area contributed by atoms with Gasteiger partial charge in [-0.3, -0.25) is 4.55 Å². The van der Waals surface area contributed by atoms with Gasteiger partial charge in [0.15, 0.2) is 0 Å². The molecule has 0 aliphatic heterocycles. The summed E-state index contributed by atoms with van der Waals surface area (Å²) in [5.74, 6) is 0. The fourth-order valence-electron chi connectivity index (χ4n) is 0.720. The van der Waals surface area contributed by atoms with Crippen molar-refractivity contribution in [1.29, 1.82) is 0 Å². The Morgan fingerprint density at radius 2 is 0.879 bits per heavy atom. The Balaban J connectivity index is -0.0000000248. The van der Waals surface area contributed by atoms with Crippen LogP contribution in [0.25, 0.3) is 0 Å². The van der Waals surface area contributed by atoms with Crippen molar-refractivity contribution in [3.8, 4) is 0 Å². The normalized spacial score (nSPS) is 6.61. The molecule has 0 rings (SSSR count). The van der Waals surface area contributed by atoms with Gasteiger partial charge in [0.25, 0.3) is 0 Å². The van der Waals surface area contributed by atoms with Crippen molar-refractivity contribution in [2.45, 2.75) is 40.0 Å². The first-order valence-corrected chi connectivity index (χ1v) is 11.2. The summed E-state index contributed by atoms with van der Waals surface area (Å²) >= 11 is 0. The maximum absolute atomic E-state index is 9.93. The molecule has 0 atom stereocenters. The molecule has 33 heavy (non-hydrogen) atoms. The fraction of sp³-hybridized carbons (Fsp3) is 0.440. The van der Waals surface area contributed by atoms with Crippen molar-refractivity contribution in [2.75, 3.05) is 33.0 Å². The Morgan fingerprint density at radius 3 is 1.00 bits per heavy atom. The lowest BCUT2D eigenvalue weighted by molar-refractivity contribution is 0.162. The number of aliphatic hydroxyl groups excluding tert-OH is 2. The van der Waals surface area contributed by atoms with Crippen LogP contribution >= 0.6 is 0 Å². The first kappa shape index (κ1) is 63.2. The second-order valence-electron chi connectivity index (χ2n) is 3.19. The van der Waals surface area contributed by atoms with Gasteiger partial charge in [0.2, 0.25) is 0 Å². The predicted molar refractivity (Wildman–Crippen MR) is 152 cm³/mol. The molecular weight excluding hydrogens is 444 g/mol. The highest BCUT2D eigenvalue weighted by molar-refractivity contribution is 7.80. The maximum Gasteiger partial charge on any atom is 0.397 e. The molecule has 3 N–H and O–H groups in total. The minimum absolute atomic E-state index is 0.0761. The van der Waals surface area contributed by atoms with Crippen LogP contribution in [0.3, 0.4) is 0 Å². The monoisotopic (exact) mass is 500 g/mol. The summed E-state index contributed by atoms with van der Waals surface area (Å²) in [6.07, 6.45) is 2.57. The summed E-state index contributed by atoms with van der Waals surface area (Å²) < 4.78 is 36.8. The summed E-state index contributed by atoms with van der Waals surface area (Å²) in [7, 11) is -4.20. The number of rotatable bonds is 8. The minimum atomic E-state index is -4.20. The number of hydrogen-bond donors (Lipinski definition) is 3. The Hall–Kier alpha value is -2.07. The van der Waals surface area contributed by atoms with Crippen molar-refractivity contribution in [2.24, 2.45) is 0 Å². The summed E-state index contributed by atoms with van der Waals surface area (Å²) in [6.45, 7) is 49.5. The van der Waals surface area contributed by atoms with E-state index in [-0.39, 0.29) is 19.8 Å². The lowest BCUT2D eigenvalue weighted by Gasteiger charge is -1.96. The molecule has 0 aliphatic carbocycles. The molecule has 0 heterocycles. The third kappa shape index (κ3) is 371. The largest absolute Gasteiger partial charge is 0.397 e. The smallest absolute Gasteiger partial charge is 0.394 e. The van der Waals surface area contributed by atoms with Gasteiger partial charge in [-0.2, -0.15) is 8.42 Å². The Labute approximate surface area is 207 Å². The SMILES string of the molecule is C=C.C=C.C=C.C=C.C=C.C=C.C=C.CCCCCOS(=O)(=O)O.CCOCC.OCCO. The van der Waals surface area contributed by atoms with Gasteiger partial charge >= 0.3 is 10.4 Å². The van der Waals surface area contributed by atoms with E-state index in [1.54, 1.807) is 0 Å². The van der Waals surface area contributed by atoms with E-state index in [0.717, 1.165) is 26.1 Å². The van der Waals surface area contributed by atoms with Gasteiger partial charge < -0.3 is 14.9 Å². The molecule has 0 fully saturated rings. The molecule has 0 radical (unpaired) electrons. The molecular formula is C25H56O7S. The molecule has 0 aromatic heterocycles. The Morgan fingerprint density at radius 1 is 0.606 bits per heavy atom. The van der Waals surface area contributed by atoms with Crippen molar-refractivity contribution in [3.63, 3.8) is 0 Å². The van der Waals surface area contributed by atoms with Crippen LogP contribution in [0.15, 0.2) is 92.1 Å². The maximum atomic E-state index is 9.93. The molecule has 0 unspecified atom stereocenters. The Kier molecular flexibility index (Phi) is 247. The van der Waals surface area contributed by atoms with Gasteiger partial charge in [0, 0.05) is 13.2 Å². The molecule has 0 saturated carbocycles. The zero-order valence-corrected chi connectivity index (χ0v) is 22.8. The molecule has 204 valence electrons. The van der Waals surface area contributed by atoms with Crippen LogP contribution in [0.5, 0.6) is 0 Å². The van der Waals surface area contributed by atoms with Crippen molar-refractivity contribution < 1.29 is 32.1 Å². The molecule has 0 saturated heterocycles. The summed E-state index contributed by atoms with van der Waals surface area (Å²) in [4.78, 5) is 0. The van der Waals surface area contributed by atoms with Crippen LogP contribution in [-0.2, 0) is 19.3 Å². The third-order valence-electron chi connectivity index (χ3n) is 1.49. The zero-order chi connectivity index (χ0) is 29.6. The third-order valence-corrected chi connectivity index (χ3v) is 1.95. The standard InChI is InChI=1S/C5H12O4S.C4H10O.C2H6O2.7C2H4/c1-2-3-4-5-9-10(6,7)8;1-3-5-4-2;3-1-2-4;7*1-2/h2-5H2,1H3,(H,6,7,8);3-4H2,1-2H3;3-4H,1-2H2;7*1-2H2. The molecule has 0 bridgehead atoms. The lowest BCUT2D eigenvalue weighted by Crippen LogP contribution is -2.04. The van der Waals surface area contributed by atoms with Crippen LogP contribution in [0.2, 0.25) is 0 Å². The second-order valence-corrected chi connectivity index (χ2v) is 4.28. The lowest BCUT2D eigenvalue weighted by atomic mass is 10.3. The van der Waals surface area contributed by atoms with Gasteiger partial charge in [-0.15, -0.1) is 92.1 Å². The second kappa shape index (κ2) is 129. The first-order chi connectivity index (χ1) is 15.9. The topological polar surface area (TPSA) is 113 Å². The molecule has 0 spiro atoms. The average molecular weight is 501 g/mol. The van der Waals surface area contributed by atoms with Gasteiger partial charge in [-0.1, -0.05) is 19.8 Å². The number of hydrogen-bond acceptors (Lipinski definition) is 6. The minimum Gasteiger partial charge on any atom is -0.394 e.